The number of hydrogen-bond acceptors (Lipinski definition) is 3. The summed E-state index contributed by atoms with van der Waals surface area (Å²) in [7, 11) is 0. The van der Waals surface area contributed by atoms with E-state index in [1.54, 1.807) is 0 Å². The molecule has 0 fully saturated rings. The Balaban J connectivity index is -0.00000000500. The van der Waals surface area contributed by atoms with Crippen molar-refractivity contribution in [2.75, 3.05) is 0 Å². The van der Waals surface area contributed by atoms with Crippen LogP contribution >= 0.6 is 0 Å². The number of hydrogen-bond donors (Lipinski definition) is 0. The first-order chi connectivity index (χ1) is 3.00. The Hall–Kier alpha value is 0.847. The second kappa shape index (κ2) is 513. The Morgan fingerprint density at radius 3 is 0.625 bits per heavy atom. The molecule has 3 nitrogen and oxygen atoms in total. The van der Waals surface area contributed by atoms with Crippen molar-refractivity contribution >= 4 is 0 Å². The van der Waals surface area contributed by atoms with Gasteiger partial charge in [0.1, 0.15) is 0 Å². The van der Waals surface area contributed by atoms with E-state index < -0.39 is 0 Å². The van der Waals surface area contributed by atoms with Crippen molar-refractivity contribution in [2.24, 2.45) is 0 Å². The number of rotatable bonds is 0. The zero-order chi connectivity index (χ0) is 6.00. The van der Waals surface area contributed by atoms with Gasteiger partial charge in [0.2, 0.25) is 0 Å². The van der Waals surface area contributed by atoms with Gasteiger partial charge in [0.05, 0.1) is 0 Å². The van der Waals surface area contributed by atoms with Gasteiger partial charge in [0.25, 0.3) is 0 Å². The third-order valence-corrected chi connectivity index (χ3v) is 0. The Kier molecular flexibility index (Phi) is 2360. The molecule has 0 aliphatic carbocycles. The average Bonchev–Trinajstić information content (AvgIpc) is 1.81. The van der Waals surface area contributed by atoms with Crippen molar-refractivity contribution in [1.29, 1.82) is 15.8 Å². The normalized spacial score (nSPS) is 0.750. The minimum atomic E-state index is 0. The van der Waals surface area contributed by atoms with Crippen LogP contribution in [0, 0.1) is 35.5 Å². The molecule has 0 atom stereocenters. The molecular weight excluding hydrogens is 314 g/mol. The van der Waals surface area contributed by atoms with E-state index in [4.69, 9.17) is 35.5 Å². The van der Waals surface area contributed by atoms with Gasteiger partial charge in [-0.05, 0) is 0 Å². The molecule has 0 aromatic heterocycles. The fraction of sp³-hybridized carbons (Fsp3) is 0. The zero-order valence-electron chi connectivity index (χ0n) is 4.14. The molecule has 41 valence electrons. The maximum Gasteiger partial charge on any atom is 1.00 e. The molecule has 0 aliphatic heterocycles. The summed E-state index contributed by atoms with van der Waals surface area (Å²) in [5.41, 5.74) is 0. The maximum atomic E-state index is 6.25. The van der Waals surface area contributed by atoms with Gasteiger partial charge in [-0.15, -0.1) is 0 Å². The van der Waals surface area contributed by atoms with Crippen molar-refractivity contribution in [3.63, 3.8) is 0 Å². The predicted molar refractivity (Wildman–Crippen MR) is 14.9 cm³/mol. The van der Waals surface area contributed by atoms with Gasteiger partial charge < -0.3 is 35.5 Å². The average molecular weight is 314 g/mol. The van der Waals surface area contributed by atoms with Crippen LogP contribution in [-0.2, 0) is 22.4 Å². The van der Waals surface area contributed by atoms with Crippen molar-refractivity contribution in [3.05, 3.63) is 19.7 Å². The second-order valence-electron chi connectivity index (χ2n) is 0. The molecule has 8 heavy (non-hydrogen) atoms. The van der Waals surface area contributed by atoms with E-state index in [0.717, 1.165) is 0 Å². The summed E-state index contributed by atoms with van der Waals surface area (Å²) in [5.74, 6) is 0. The molecule has 0 unspecified atom stereocenters. The molecular formula is C3AuKN3-2. The van der Waals surface area contributed by atoms with E-state index in [-0.39, 0.29) is 73.8 Å². The Morgan fingerprint density at radius 2 is 0.625 bits per heavy atom. The maximum absolute atomic E-state index is 6.25. The van der Waals surface area contributed by atoms with E-state index in [1.807, 2.05) is 0 Å². The van der Waals surface area contributed by atoms with Crippen LogP contribution in [0.2, 0.25) is 0 Å². The van der Waals surface area contributed by atoms with Crippen molar-refractivity contribution in [3.8, 4) is 0 Å². The predicted octanol–water partition coefficient (Wildman–Crippen LogP) is -2.71. The van der Waals surface area contributed by atoms with Crippen LogP contribution in [-0.4, -0.2) is 0 Å². The van der Waals surface area contributed by atoms with Crippen LogP contribution < -0.4 is 51.4 Å². The molecule has 0 bridgehead atoms. The van der Waals surface area contributed by atoms with Gasteiger partial charge in [0, 0.05) is 22.4 Å². The monoisotopic (exact) mass is 314 g/mol. The smallest absolute Gasteiger partial charge is 0.512 e. The molecule has 0 aromatic carbocycles. The van der Waals surface area contributed by atoms with E-state index >= 15 is 0 Å². The molecule has 0 saturated carbocycles. The van der Waals surface area contributed by atoms with Gasteiger partial charge in [-0.2, -0.15) is 0 Å². The summed E-state index contributed by atoms with van der Waals surface area (Å²) >= 11 is 0. The third-order valence-electron chi connectivity index (χ3n) is 0. The molecule has 0 spiro atoms. The first kappa shape index (κ1) is 36.8. The van der Waals surface area contributed by atoms with Crippen LogP contribution in [0.25, 0.3) is 0 Å². The summed E-state index contributed by atoms with van der Waals surface area (Å²) in [6.45, 7) is 14.2. The van der Waals surface area contributed by atoms with Crippen LogP contribution in [0.4, 0.5) is 0 Å². The molecule has 1 radical (unpaired) electrons. The van der Waals surface area contributed by atoms with E-state index in [9.17, 15) is 0 Å². The molecule has 5 heteroatoms. The molecule has 0 amide bonds. The van der Waals surface area contributed by atoms with E-state index in [0.29, 0.717) is 0 Å². The fourth-order valence-corrected chi connectivity index (χ4v) is 0. The van der Waals surface area contributed by atoms with Crippen molar-refractivity contribution in [1.82, 2.24) is 0 Å². The summed E-state index contributed by atoms with van der Waals surface area (Å²) in [6, 6.07) is 0. The van der Waals surface area contributed by atoms with Crippen LogP contribution in [0.3, 0.4) is 0 Å². The van der Waals surface area contributed by atoms with Crippen LogP contribution in [0.15, 0.2) is 0 Å². The summed E-state index contributed by atoms with van der Waals surface area (Å²) < 4.78 is 0. The van der Waals surface area contributed by atoms with E-state index in [2.05, 4.69) is 0 Å². The first-order valence-corrected chi connectivity index (χ1v) is 0.671. The second-order valence-corrected chi connectivity index (χ2v) is 0. The summed E-state index contributed by atoms with van der Waals surface area (Å²) in [4.78, 5) is 0. The molecule has 0 N–H and O–H groups in total. The van der Waals surface area contributed by atoms with Crippen molar-refractivity contribution in [2.45, 2.75) is 0 Å². The summed E-state index contributed by atoms with van der Waals surface area (Å²) in [6.07, 6.45) is 0. The Morgan fingerprint density at radius 1 is 0.625 bits per heavy atom. The molecule has 0 aliphatic rings. The van der Waals surface area contributed by atoms with Gasteiger partial charge in [0.15, 0.2) is 0 Å². The van der Waals surface area contributed by atoms with Gasteiger partial charge in [-0.1, -0.05) is 0 Å². The van der Waals surface area contributed by atoms with Crippen LogP contribution in [0.5, 0.6) is 0 Å². The molecule has 0 rings (SSSR count). The Labute approximate surface area is 107 Å². The molecule has 0 heterocycles. The minimum absolute atomic E-state index is 0. The minimum Gasteiger partial charge on any atom is -0.512 e. The van der Waals surface area contributed by atoms with E-state index in [1.165, 1.54) is 0 Å². The summed E-state index contributed by atoms with van der Waals surface area (Å²) in [5, 5.41) is 18.8. The standard InChI is InChI=1S/3CN.Au.K/c3*1-2;;/q3*-1;;+1. The topological polar surface area (TPSA) is 71.4 Å². The number of nitrogens with zero attached hydrogens (tertiary/aromatic N) is 3. The third kappa shape index (κ3) is 327. The van der Waals surface area contributed by atoms with Crippen molar-refractivity contribution < 1.29 is 73.8 Å². The molecule has 0 aromatic rings. The first-order valence-electron chi connectivity index (χ1n) is 0.671. The van der Waals surface area contributed by atoms with Crippen LogP contribution in [0.1, 0.15) is 0 Å². The molecule has 0 saturated heterocycles. The van der Waals surface area contributed by atoms with Gasteiger partial charge in [-0.25, -0.2) is 0 Å². The van der Waals surface area contributed by atoms with Gasteiger partial charge in [-0.3, -0.25) is 0 Å². The zero-order valence-corrected chi connectivity index (χ0v) is 9.43. The quantitative estimate of drug-likeness (QED) is 0.361. The SMILES string of the molecule is [Au].[C-]#N.[C-]#N.[C-]#N.[K+]. The fourth-order valence-electron chi connectivity index (χ4n) is 0. The Bertz CT molecular complexity index is 43.0. The van der Waals surface area contributed by atoms with Gasteiger partial charge >= 0.3 is 51.4 Å². The largest absolute Gasteiger partial charge is 1.00 e.